The molecule has 1 saturated heterocycles. The maximum Gasteiger partial charge on any atom is 0.263 e. The Bertz CT molecular complexity index is 1070. The molecule has 2 aromatic heterocycles. The number of aryl methyl sites for hydroxylation is 1. The molecule has 32 heavy (non-hydrogen) atoms. The van der Waals surface area contributed by atoms with Crippen molar-refractivity contribution in [1.29, 1.82) is 0 Å². The summed E-state index contributed by atoms with van der Waals surface area (Å²) in [6, 6.07) is 9.56. The first kappa shape index (κ1) is 21.7. The van der Waals surface area contributed by atoms with Gasteiger partial charge in [0.1, 0.15) is 23.2 Å². The number of halogens is 1. The molecular formula is C24H26FN5O2. The van der Waals surface area contributed by atoms with Crippen LogP contribution in [-0.2, 0) is 4.79 Å². The summed E-state index contributed by atoms with van der Waals surface area (Å²) in [7, 11) is 0. The molecule has 4 rings (SSSR count). The number of nitrogens with one attached hydrogen (secondary N) is 1. The zero-order chi connectivity index (χ0) is 22.5. The molecule has 1 N–H and O–H groups in total. The summed E-state index contributed by atoms with van der Waals surface area (Å²) in [5, 5.41) is 3.23. The van der Waals surface area contributed by atoms with E-state index in [0.29, 0.717) is 24.7 Å². The van der Waals surface area contributed by atoms with Gasteiger partial charge in [0.2, 0.25) is 0 Å². The zero-order valence-corrected chi connectivity index (χ0v) is 18.2. The number of piperidine rings is 1. The number of benzene rings is 1. The van der Waals surface area contributed by atoms with E-state index in [1.807, 2.05) is 24.0 Å². The third-order valence-electron chi connectivity index (χ3n) is 5.61. The molecule has 0 radical (unpaired) electrons. The van der Waals surface area contributed by atoms with E-state index in [0.717, 1.165) is 29.9 Å². The van der Waals surface area contributed by atoms with Crippen LogP contribution >= 0.6 is 0 Å². The molecule has 0 unspecified atom stereocenters. The molecule has 3 heterocycles. The molecule has 1 aliphatic heterocycles. The van der Waals surface area contributed by atoms with Crippen LogP contribution in [0.25, 0.3) is 0 Å². The van der Waals surface area contributed by atoms with Gasteiger partial charge in [-0.15, -0.1) is 0 Å². The number of amides is 1. The van der Waals surface area contributed by atoms with Gasteiger partial charge >= 0.3 is 0 Å². The van der Waals surface area contributed by atoms with E-state index in [2.05, 4.69) is 15.3 Å². The van der Waals surface area contributed by atoms with E-state index in [1.54, 1.807) is 25.5 Å². The van der Waals surface area contributed by atoms with Gasteiger partial charge in [-0.25, -0.2) is 14.4 Å². The van der Waals surface area contributed by atoms with Crippen LogP contribution < -0.4 is 10.1 Å². The van der Waals surface area contributed by atoms with Crippen LogP contribution in [0.2, 0.25) is 0 Å². The lowest BCUT2D eigenvalue weighted by atomic mass is 9.93. The van der Waals surface area contributed by atoms with Gasteiger partial charge in [0.25, 0.3) is 5.91 Å². The van der Waals surface area contributed by atoms with E-state index >= 15 is 0 Å². The molecule has 1 amide bonds. The van der Waals surface area contributed by atoms with Crippen molar-refractivity contribution in [2.24, 2.45) is 0 Å². The van der Waals surface area contributed by atoms with Crippen molar-refractivity contribution in [3.63, 3.8) is 0 Å². The van der Waals surface area contributed by atoms with Gasteiger partial charge in [-0.3, -0.25) is 9.78 Å². The number of ether oxygens (including phenoxy) is 1. The lowest BCUT2D eigenvalue weighted by Gasteiger charge is -2.33. The zero-order valence-electron chi connectivity index (χ0n) is 18.2. The Hall–Kier alpha value is -3.55. The first-order chi connectivity index (χ1) is 15.5. The highest BCUT2D eigenvalue weighted by Gasteiger charge is 2.28. The first-order valence-electron chi connectivity index (χ1n) is 10.7. The topological polar surface area (TPSA) is 80.2 Å². The van der Waals surface area contributed by atoms with Crippen LogP contribution in [0.5, 0.6) is 5.75 Å². The summed E-state index contributed by atoms with van der Waals surface area (Å²) in [5.74, 6) is 1.71. The van der Waals surface area contributed by atoms with Crippen LogP contribution in [0.1, 0.15) is 36.9 Å². The van der Waals surface area contributed by atoms with E-state index in [9.17, 15) is 9.18 Å². The number of anilines is 2. The van der Waals surface area contributed by atoms with Gasteiger partial charge in [-0.2, -0.15) is 0 Å². The summed E-state index contributed by atoms with van der Waals surface area (Å²) in [6.45, 7) is 4.96. The van der Waals surface area contributed by atoms with Crippen molar-refractivity contribution in [2.45, 2.75) is 38.7 Å². The Morgan fingerprint density at radius 1 is 1.19 bits per heavy atom. The predicted octanol–water partition coefficient (Wildman–Crippen LogP) is 4.24. The number of rotatable bonds is 6. The first-order valence-corrected chi connectivity index (χ1v) is 10.7. The fraction of sp³-hybridized carbons (Fsp3) is 0.333. The Morgan fingerprint density at radius 3 is 2.66 bits per heavy atom. The number of hydrogen-bond donors (Lipinski definition) is 1. The summed E-state index contributed by atoms with van der Waals surface area (Å²) in [5.41, 5.74) is 1.94. The number of hydrogen-bond acceptors (Lipinski definition) is 6. The molecule has 1 aliphatic rings. The largest absolute Gasteiger partial charge is 0.481 e. The number of pyridine rings is 1. The van der Waals surface area contributed by atoms with Gasteiger partial charge in [0.05, 0.1) is 11.9 Å². The molecule has 1 atom stereocenters. The number of carbonyl (C=O) groups is 1. The average molecular weight is 436 g/mol. The Balaban J connectivity index is 1.33. The molecule has 7 nitrogen and oxygen atoms in total. The highest BCUT2D eigenvalue weighted by Crippen LogP contribution is 2.28. The normalized spacial score (nSPS) is 15.3. The van der Waals surface area contributed by atoms with E-state index in [1.165, 1.54) is 24.3 Å². The van der Waals surface area contributed by atoms with Crippen LogP contribution in [0.4, 0.5) is 16.0 Å². The monoisotopic (exact) mass is 435 g/mol. The smallest absolute Gasteiger partial charge is 0.263 e. The molecule has 0 bridgehead atoms. The van der Waals surface area contributed by atoms with Crippen LogP contribution in [0.15, 0.2) is 55.0 Å². The fourth-order valence-corrected chi connectivity index (χ4v) is 3.80. The second-order valence-electron chi connectivity index (χ2n) is 7.94. The third kappa shape index (κ3) is 5.19. The molecule has 0 saturated carbocycles. The SMILES string of the molecule is Cc1cccnc1Nc1cncc(C2CCN(C(=O)[C@@H](C)Oc3ccc(F)cc3)CC2)n1. The van der Waals surface area contributed by atoms with Crippen molar-refractivity contribution in [2.75, 3.05) is 18.4 Å². The van der Waals surface area contributed by atoms with Crippen molar-refractivity contribution in [3.05, 3.63) is 72.1 Å². The maximum absolute atomic E-state index is 13.1. The molecule has 0 aliphatic carbocycles. The molecule has 8 heteroatoms. The Morgan fingerprint density at radius 2 is 1.94 bits per heavy atom. The van der Waals surface area contributed by atoms with Crippen LogP contribution in [0, 0.1) is 12.7 Å². The third-order valence-corrected chi connectivity index (χ3v) is 5.61. The van der Waals surface area contributed by atoms with Gasteiger partial charge in [0.15, 0.2) is 6.10 Å². The number of carbonyl (C=O) groups excluding carboxylic acids is 1. The van der Waals surface area contributed by atoms with Gasteiger partial charge in [0, 0.05) is 31.4 Å². The standard InChI is InChI=1S/C24H26FN5O2/c1-16-4-3-11-27-23(16)29-22-15-26-14-21(28-22)18-9-12-30(13-10-18)24(31)17(2)32-20-7-5-19(25)6-8-20/h3-8,11,14-15,17-18H,9-10,12-13H2,1-2H3,(H,27,28,29)/t17-/m1/s1. The molecule has 1 aromatic carbocycles. The summed E-state index contributed by atoms with van der Waals surface area (Å²) < 4.78 is 18.7. The fourth-order valence-electron chi connectivity index (χ4n) is 3.80. The average Bonchev–Trinajstić information content (AvgIpc) is 2.82. The molecule has 166 valence electrons. The van der Waals surface area contributed by atoms with E-state index < -0.39 is 6.10 Å². The highest BCUT2D eigenvalue weighted by molar-refractivity contribution is 5.81. The lowest BCUT2D eigenvalue weighted by Crippen LogP contribution is -2.44. The molecule has 0 spiro atoms. The second-order valence-corrected chi connectivity index (χ2v) is 7.94. The summed E-state index contributed by atoms with van der Waals surface area (Å²) >= 11 is 0. The van der Waals surface area contributed by atoms with Gasteiger partial charge < -0.3 is 15.0 Å². The number of nitrogens with zero attached hydrogens (tertiary/aromatic N) is 4. The van der Waals surface area contributed by atoms with Gasteiger partial charge in [-0.1, -0.05) is 6.07 Å². The Labute approximate surface area is 186 Å². The number of aromatic nitrogens is 3. The minimum Gasteiger partial charge on any atom is -0.481 e. The summed E-state index contributed by atoms with van der Waals surface area (Å²) in [6.07, 6.45) is 6.18. The van der Waals surface area contributed by atoms with E-state index in [4.69, 9.17) is 9.72 Å². The molecular weight excluding hydrogens is 409 g/mol. The lowest BCUT2D eigenvalue weighted by molar-refractivity contribution is -0.139. The second kappa shape index (κ2) is 9.72. The van der Waals surface area contributed by atoms with Crippen molar-refractivity contribution in [1.82, 2.24) is 19.9 Å². The maximum atomic E-state index is 13.1. The molecule has 1 fully saturated rings. The van der Waals surface area contributed by atoms with Crippen LogP contribution in [0.3, 0.4) is 0 Å². The van der Waals surface area contributed by atoms with E-state index in [-0.39, 0.29) is 17.6 Å². The predicted molar refractivity (Wildman–Crippen MR) is 119 cm³/mol. The van der Waals surface area contributed by atoms with Crippen molar-refractivity contribution < 1.29 is 13.9 Å². The minimum absolute atomic E-state index is 0.0695. The Kier molecular flexibility index (Phi) is 6.58. The van der Waals surface area contributed by atoms with Gasteiger partial charge in [-0.05, 0) is 62.6 Å². The molecule has 3 aromatic rings. The van der Waals surface area contributed by atoms with Crippen molar-refractivity contribution >= 4 is 17.5 Å². The highest BCUT2D eigenvalue weighted by atomic mass is 19.1. The quantitative estimate of drug-likeness (QED) is 0.624. The number of likely N-dealkylation sites (tertiary alicyclic amines) is 1. The summed E-state index contributed by atoms with van der Waals surface area (Å²) in [4.78, 5) is 28.0. The van der Waals surface area contributed by atoms with Crippen LogP contribution in [-0.4, -0.2) is 45.0 Å². The minimum atomic E-state index is -0.633. The van der Waals surface area contributed by atoms with Crippen molar-refractivity contribution in [3.8, 4) is 5.75 Å².